The zero-order chi connectivity index (χ0) is 20.1. The summed E-state index contributed by atoms with van der Waals surface area (Å²) < 4.78 is 65.3. The summed E-state index contributed by atoms with van der Waals surface area (Å²) in [4.78, 5) is 1.52. The van der Waals surface area contributed by atoms with Gasteiger partial charge in [0, 0.05) is 31.7 Å². The summed E-state index contributed by atoms with van der Waals surface area (Å²) in [7, 11) is -2.59. The minimum absolute atomic E-state index is 0.0202. The summed E-state index contributed by atoms with van der Waals surface area (Å²) in [6.45, 7) is 2.37. The van der Waals surface area contributed by atoms with E-state index in [9.17, 15) is 17.2 Å². The van der Waals surface area contributed by atoms with Crippen LogP contribution in [-0.4, -0.2) is 53.3 Å². The number of ether oxygens (including phenoxy) is 2. The van der Waals surface area contributed by atoms with Gasteiger partial charge in [-0.3, -0.25) is 4.90 Å². The van der Waals surface area contributed by atoms with Crippen LogP contribution in [0.25, 0.3) is 0 Å². The SMILES string of the molecule is COc1cccc([C@H](CNS(=O)(=O)c2ccc(F)cc2F)N2CCOCC2)c1. The number of hydrogen-bond acceptors (Lipinski definition) is 5. The van der Waals surface area contributed by atoms with Crippen LogP contribution in [0.2, 0.25) is 0 Å². The largest absolute Gasteiger partial charge is 0.497 e. The lowest BCUT2D eigenvalue weighted by Crippen LogP contribution is -2.43. The number of nitrogens with one attached hydrogen (secondary N) is 1. The van der Waals surface area contributed by atoms with E-state index in [-0.39, 0.29) is 12.6 Å². The van der Waals surface area contributed by atoms with Crippen molar-refractivity contribution >= 4 is 10.0 Å². The Morgan fingerprint density at radius 2 is 1.93 bits per heavy atom. The van der Waals surface area contributed by atoms with E-state index < -0.39 is 26.6 Å². The number of nitrogens with zero attached hydrogens (tertiary/aromatic N) is 1. The first kappa shape index (κ1) is 20.7. The third kappa shape index (κ3) is 4.85. The summed E-state index contributed by atoms with van der Waals surface area (Å²) in [5, 5.41) is 0. The molecule has 0 amide bonds. The number of hydrogen-bond donors (Lipinski definition) is 1. The molecule has 1 atom stereocenters. The molecule has 3 rings (SSSR count). The molecule has 0 bridgehead atoms. The third-order valence-corrected chi connectivity index (χ3v) is 6.07. The number of halogens is 2. The lowest BCUT2D eigenvalue weighted by molar-refractivity contribution is 0.0171. The Bertz CT molecular complexity index is 918. The second-order valence-corrected chi connectivity index (χ2v) is 8.10. The van der Waals surface area contributed by atoms with E-state index >= 15 is 0 Å². The first-order valence-electron chi connectivity index (χ1n) is 8.81. The summed E-state index contributed by atoms with van der Waals surface area (Å²) in [5.74, 6) is -1.31. The fraction of sp³-hybridized carbons (Fsp3) is 0.368. The van der Waals surface area contributed by atoms with E-state index in [0.717, 1.165) is 17.7 Å². The van der Waals surface area contributed by atoms with Crippen molar-refractivity contribution in [3.63, 3.8) is 0 Å². The van der Waals surface area contributed by atoms with E-state index in [1.165, 1.54) is 0 Å². The van der Waals surface area contributed by atoms with Crippen molar-refractivity contribution in [2.45, 2.75) is 10.9 Å². The minimum atomic E-state index is -4.15. The molecule has 0 aromatic heterocycles. The average molecular weight is 412 g/mol. The number of methoxy groups -OCH3 is 1. The van der Waals surface area contributed by atoms with Crippen molar-refractivity contribution in [3.05, 3.63) is 59.7 Å². The molecule has 0 unspecified atom stereocenters. The van der Waals surface area contributed by atoms with Gasteiger partial charge in [0.05, 0.1) is 20.3 Å². The highest BCUT2D eigenvalue weighted by Gasteiger charge is 2.26. The second-order valence-electron chi connectivity index (χ2n) is 6.37. The van der Waals surface area contributed by atoms with Gasteiger partial charge in [0.15, 0.2) is 0 Å². The van der Waals surface area contributed by atoms with Crippen LogP contribution in [0.4, 0.5) is 8.78 Å². The molecule has 0 spiro atoms. The molecular formula is C19H22F2N2O4S. The lowest BCUT2D eigenvalue weighted by Gasteiger charge is -2.35. The van der Waals surface area contributed by atoms with Gasteiger partial charge >= 0.3 is 0 Å². The van der Waals surface area contributed by atoms with Gasteiger partial charge in [0.1, 0.15) is 22.3 Å². The first-order valence-corrected chi connectivity index (χ1v) is 10.3. The number of morpholine rings is 1. The second kappa shape index (κ2) is 8.95. The predicted octanol–water partition coefficient (Wildman–Crippen LogP) is 2.33. The fourth-order valence-electron chi connectivity index (χ4n) is 3.16. The maximum Gasteiger partial charge on any atom is 0.243 e. The van der Waals surface area contributed by atoms with E-state index in [1.807, 2.05) is 18.2 Å². The molecule has 1 N–H and O–H groups in total. The first-order chi connectivity index (χ1) is 13.4. The number of benzene rings is 2. The van der Waals surface area contributed by atoms with Crippen LogP contribution in [-0.2, 0) is 14.8 Å². The van der Waals surface area contributed by atoms with Crippen LogP contribution < -0.4 is 9.46 Å². The van der Waals surface area contributed by atoms with Crippen molar-refractivity contribution in [2.75, 3.05) is 40.0 Å². The summed E-state index contributed by atoms with van der Waals surface area (Å²) in [6, 6.07) is 9.45. The van der Waals surface area contributed by atoms with Gasteiger partial charge in [-0.05, 0) is 29.8 Å². The molecule has 0 radical (unpaired) electrons. The molecular weight excluding hydrogens is 390 g/mol. The van der Waals surface area contributed by atoms with E-state index in [4.69, 9.17) is 9.47 Å². The Kier molecular flexibility index (Phi) is 6.61. The van der Waals surface area contributed by atoms with Gasteiger partial charge in [-0.1, -0.05) is 12.1 Å². The highest BCUT2D eigenvalue weighted by atomic mass is 32.2. The fourth-order valence-corrected chi connectivity index (χ4v) is 4.25. The molecule has 28 heavy (non-hydrogen) atoms. The van der Waals surface area contributed by atoms with Crippen LogP contribution in [0.15, 0.2) is 47.4 Å². The Balaban J connectivity index is 1.84. The van der Waals surface area contributed by atoms with Gasteiger partial charge in [0.25, 0.3) is 0 Å². The highest BCUT2D eigenvalue weighted by molar-refractivity contribution is 7.89. The monoisotopic (exact) mass is 412 g/mol. The summed E-state index contributed by atoms with van der Waals surface area (Å²) in [6.07, 6.45) is 0. The van der Waals surface area contributed by atoms with Crippen molar-refractivity contribution < 1.29 is 26.7 Å². The molecule has 2 aromatic carbocycles. The topological polar surface area (TPSA) is 67.9 Å². The zero-order valence-electron chi connectivity index (χ0n) is 15.4. The van der Waals surface area contributed by atoms with Gasteiger partial charge in [-0.25, -0.2) is 21.9 Å². The van der Waals surface area contributed by atoms with Crippen molar-refractivity contribution in [3.8, 4) is 5.75 Å². The van der Waals surface area contributed by atoms with Gasteiger partial charge < -0.3 is 9.47 Å². The van der Waals surface area contributed by atoms with Crippen LogP contribution in [0, 0.1) is 11.6 Å². The Morgan fingerprint density at radius 3 is 2.61 bits per heavy atom. The summed E-state index contributed by atoms with van der Waals surface area (Å²) in [5.41, 5.74) is 0.864. The van der Waals surface area contributed by atoms with Crippen LogP contribution >= 0.6 is 0 Å². The smallest absolute Gasteiger partial charge is 0.243 e. The van der Waals surface area contributed by atoms with Gasteiger partial charge in [0.2, 0.25) is 10.0 Å². The molecule has 1 aliphatic rings. The molecule has 152 valence electrons. The van der Waals surface area contributed by atoms with Crippen LogP contribution in [0.1, 0.15) is 11.6 Å². The Morgan fingerprint density at radius 1 is 1.18 bits per heavy atom. The molecule has 0 saturated carbocycles. The molecule has 1 heterocycles. The minimum Gasteiger partial charge on any atom is -0.497 e. The van der Waals surface area contributed by atoms with Crippen molar-refractivity contribution in [2.24, 2.45) is 0 Å². The molecule has 1 fully saturated rings. The van der Waals surface area contributed by atoms with Crippen molar-refractivity contribution in [1.29, 1.82) is 0 Å². The number of sulfonamides is 1. The van der Waals surface area contributed by atoms with Crippen molar-refractivity contribution in [1.82, 2.24) is 9.62 Å². The quantitative estimate of drug-likeness (QED) is 0.756. The molecule has 0 aliphatic carbocycles. The molecule has 1 saturated heterocycles. The normalized spacial score (nSPS) is 16.7. The molecule has 1 aliphatic heterocycles. The molecule has 2 aromatic rings. The standard InChI is InChI=1S/C19H22F2N2O4S/c1-26-16-4-2-3-14(11-16)18(23-7-9-27-10-8-23)13-22-28(24,25)19-6-5-15(20)12-17(19)21/h2-6,11-12,18,22H,7-10,13H2,1H3/t18-/m0/s1. The van der Waals surface area contributed by atoms with E-state index in [0.29, 0.717) is 38.1 Å². The van der Waals surface area contributed by atoms with E-state index in [1.54, 1.807) is 13.2 Å². The molecule has 9 heteroatoms. The summed E-state index contributed by atoms with van der Waals surface area (Å²) >= 11 is 0. The maximum atomic E-state index is 13.9. The third-order valence-electron chi connectivity index (χ3n) is 4.62. The molecule has 6 nitrogen and oxygen atoms in total. The highest BCUT2D eigenvalue weighted by Crippen LogP contribution is 2.25. The van der Waals surface area contributed by atoms with Gasteiger partial charge in [-0.15, -0.1) is 0 Å². The predicted molar refractivity (Wildman–Crippen MR) is 99.7 cm³/mol. The lowest BCUT2D eigenvalue weighted by atomic mass is 10.0. The number of rotatable bonds is 7. The average Bonchev–Trinajstić information content (AvgIpc) is 2.69. The van der Waals surface area contributed by atoms with Gasteiger partial charge in [-0.2, -0.15) is 0 Å². The van der Waals surface area contributed by atoms with Crippen LogP contribution in [0.3, 0.4) is 0 Å². The Hall–Kier alpha value is -2.07. The Labute approximate surface area is 163 Å². The maximum absolute atomic E-state index is 13.9. The van der Waals surface area contributed by atoms with Crippen LogP contribution in [0.5, 0.6) is 5.75 Å². The van der Waals surface area contributed by atoms with E-state index in [2.05, 4.69) is 9.62 Å². The zero-order valence-corrected chi connectivity index (χ0v) is 16.2.